The number of piperidine rings is 1. The zero-order valence-corrected chi connectivity index (χ0v) is 14.5. The molecule has 24 heavy (non-hydrogen) atoms. The molecule has 2 heterocycles. The molecular weight excluding hydrogens is 302 g/mol. The lowest BCUT2D eigenvalue weighted by Crippen LogP contribution is -2.51. The third-order valence-corrected chi connectivity index (χ3v) is 5.87. The van der Waals surface area contributed by atoms with E-state index in [4.69, 9.17) is 10.5 Å². The number of carbonyl (C=O) groups excluding carboxylic acids is 1. The predicted molar refractivity (Wildman–Crippen MR) is 93.7 cm³/mol. The number of hydrogen-bond donors (Lipinski definition) is 1. The Bertz CT molecular complexity index is 713. The fourth-order valence-electron chi connectivity index (χ4n) is 4.29. The van der Waals surface area contributed by atoms with Crippen LogP contribution in [0.3, 0.4) is 0 Å². The molecule has 0 saturated carbocycles. The summed E-state index contributed by atoms with van der Waals surface area (Å²) < 4.78 is 5.59. The first kappa shape index (κ1) is 15.8. The fourth-order valence-corrected chi connectivity index (χ4v) is 4.29. The number of rotatable bonds is 3. The van der Waals surface area contributed by atoms with E-state index in [9.17, 15) is 4.79 Å². The van der Waals surface area contributed by atoms with Gasteiger partial charge in [-0.1, -0.05) is 12.1 Å². The van der Waals surface area contributed by atoms with Crippen LogP contribution >= 0.6 is 0 Å². The van der Waals surface area contributed by atoms with Crippen molar-refractivity contribution in [1.29, 1.82) is 0 Å². The molecule has 1 aromatic carbocycles. The van der Waals surface area contributed by atoms with E-state index in [0.29, 0.717) is 12.0 Å². The molecule has 0 aromatic heterocycles. The zero-order valence-electron chi connectivity index (χ0n) is 14.5. The molecular formula is C19H25N3O2. The van der Waals surface area contributed by atoms with E-state index in [-0.39, 0.29) is 24.0 Å². The second-order valence-electron chi connectivity index (χ2n) is 7.55. The number of likely N-dealkylation sites (tertiary alicyclic amines) is 1. The van der Waals surface area contributed by atoms with Crippen LogP contribution in [-0.2, 0) is 9.53 Å². The summed E-state index contributed by atoms with van der Waals surface area (Å²) in [5.41, 5.74) is 10.9. The SMILES string of the molecule is CC(N)C(C)OC(=O)C1CC2c3cccc4c3C(=N4)CC2N(C)C1. The average Bonchev–Trinajstić information content (AvgIpc) is 2.52. The van der Waals surface area contributed by atoms with Crippen LogP contribution in [0.4, 0.5) is 5.69 Å². The number of nitrogens with zero attached hydrogens (tertiary/aromatic N) is 2. The smallest absolute Gasteiger partial charge is 0.310 e. The van der Waals surface area contributed by atoms with Crippen LogP contribution in [0.5, 0.6) is 0 Å². The van der Waals surface area contributed by atoms with Crippen molar-refractivity contribution in [3.05, 3.63) is 29.3 Å². The van der Waals surface area contributed by atoms with Crippen molar-refractivity contribution in [3.8, 4) is 0 Å². The van der Waals surface area contributed by atoms with Gasteiger partial charge in [0.05, 0.1) is 17.3 Å². The maximum Gasteiger partial charge on any atom is 0.310 e. The summed E-state index contributed by atoms with van der Waals surface area (Å²) in [6.45, 7) is 4.47. The second-order valence-corrected chi connectivity index (χ2v) is 7.55. The molecule has 0 bridgehead atoms. The Labute approximate surface area is 142 Å². The van der Waals surface area contributed by atoms with Gasteiger partial charge in [-0.25, -0.2) is 0 Å². The highest BCUT2D eigenvalue weighted by molar-refractivity contribution is 6.14. The molecule has 5 atom stereocenters. The van der Waals surface area contributed by atoms with E-state index in [1.54, 1.807) is 0 Å². The number of benzene rings is 1. The van der Waals surface area contributed by atoms with E-state index >= 15 is 0 Å². The summed E-state index contributed by atoms with van der Waals surface area (Å²) in [6.07, 6.45) is 1.59. The summed E-state index contributed by atoms with van der Waals surface area (Å²) in [4.78, 5) is 19.5. The Morgan fingerprint density at radius 1 is 1.42 bits per heavy atom. The average molecular weight is 327 g/mol. The maximum atomic E-state index is 12.6. The van der Waals surface area contributed by atoms with Gasteiger partial charge in [-0.15, -0.1) is 0 Å². The summed E-state index contributed by atoms with van der Waals surface area (Å²) in [5, 5.41) is 0. The van der Waals surface area contributed by atoms with Crippen LogP contribution in [0.25, 0.3) is 0 Å². The Morgan fingerprint density at radius 3 is 2.96 bits per heavy atom. The van der Waals surface area contributed by atoms with Crippen LogP contribution in [0.15, 0.2) is 23.2 Å². The van der Waals surface area contributed by atoms with Gasteiger partial charge in [-0.3, -0.25) is 9.79 Å². The van der Waals surface area contributed by atoms with Crippen molar-refractivity contribution >= 4 is 17.4 Å². The van der Waals surface area contributed by atoms with Crippen molar-refractivity contribution < 1.29 is 9.53 Å². The summed E-state index contributed by atoms with van der Waals surface area (Å²) >= 11 is 0. The first-order valence-electron chi connectivity index (χ1n) is 8.83. The molecule has 5 nitrogen and oxygen atoms in total. The first-order chi connectivity index (χ1) is 11.5. The van der Waals surface area contributed by atoms with Gasteiger partial charge in [0.2, 0.25) is 0 Å². The van der Waals surface area contributed by atoms with Gasteiger partial charge in [0.15, 0.2) is 0 Å². The molecule has 2 aliphatic heterocycles. The van der Waals surface area contributed by atoms with Crippen LogP contribution in [0, 0.1) is 5.92 Å². The Balaban J connectivity index is 1.56. The molecule has 1 fully saturated rings. The minimum atomic E-state index is -0.247. The van der Waals surface area contributed by atoms with Crippen LogP contribution < -0.4 is 5.73 Å². The maximum absolute atomic E-state index is 12.6. The van der Waals surface area contributed by atoms with E-state index in [2.05, 4.69) is 35.1 Å². The Kier molecular flexibility index (Phi) is 3.73. The molecule has 1 aromatic rings. The number of nitrogens with two attached hydrogens (primary N) is 1. The minimum Gasteiger partial charge on any atom is -0.461 e. The number of carbonyl (C=O) groups is 1. The van der Waals surface area contributed by atoms with Gasteiger partial charge >= 0.3 is 5.97 Å². The molecule has 4 rings (SSSR count). The van der Waals surface area contributed by atoms with Crippen molar-refractivity contribution in [2.24, 2.45) is 16.6 Å². The van der Waals surface area contributed by atoms with Crippen molar-refractivity contribution in [2.75, 3.05) is 13.6 Å². The number of esters is 1. The highest BCUT2D eigenvalue weighted by Gasteiger charge is 2.45. The van der Waals surface area contributed by atoms with E-state index in [0.717, 1.165) is 25.1 Å². The summed E-state index contributed by atoms with van der Waals surface area (Å²) in [5.74, 6) is 0.173. The van der Waals surface area contributed by atoms with Gasteiger partial charge in [-0.05, 0) is 38.9 Å². The van der Waals surface area contributed by atoms with Crippen LogP contribution in [0.1, 0.15) is 43.7 Å². The number of ether oxygens (including phenoxy) is 1. The number of aliphatic imine (C=N–C) groups is 1. The molecule has 5 heteroatoms. The van der Waals surface area contributed by atoms with Crippen molar-refractivity contribution in [1.82, 2.24) is 4.90 Å². The molecule has 1 aliphatic carbocycles. The van der Waals surface area contributed by atoms with Crippen molar-refractivity contribution in [2.45, 2.75) is 50.8 Å². The largest absolute Gasteiger partial charge is 0.461 e. The standard InChI is InChI=1S/C19H25N3O2/c1-10(20)11(2)24-19(23)12-7-14-13-5-4-6-15-18(13)16(21-15)8-17(14)22(3)9-12/h4-6,10-12,14,17H,7-9,20H2,1-3H3. The van der Waals surface area contributed by atoms with E-state index < -0.39 is 0 Å². The molecule has 0 spiro atoms. The van der Waals surface area contributed by atoms with Gasteiger partial charge in [0, 0.05) is 36.5 Å². The van der Waals surface area contributed by atoms with E-state index in [1.165, 1.54) is 16.8 Å². The van der Waals surface area contributed by atoms with Gasteiger partial charge < -0.3 is 15.4 Å². The summed E-state index contributed by atoms with van der Waals surface area (Å²) in [6, 6.07) is 6.64. The topological polar surface area (TPSA) is 67.9 Å². The molecule has 128 valence electrons. The highest BCUT2D eigenvalue weighted by Crippen LogP contribution is 2.48. The number of fused-ring (bicyclic) bond motifs is 2. The number of likely N-dealkylation sites (N-methyl/N-ethyl adjacent to an activating group) is 1. The lowest BCUT2D eigenvalue weighted by Gasteiger charge is -2.47. The van der Waals surface area contributed by atoms with Gasteiger partial charge in [-0.2, -0.15) is 0 Å². The summed E-state index contributed by atoms with van der Waals surface area (Å²) in [7, 11) is 2.11. The monoisotopic (exact) mass is 327 g/mol. The predicted octanol–water partition coefficient (Wildman–Crippen LogP) is 2.21. The van der Waals surface area contributed by atoms with E-state index in [1.807, 2.05) is 13.8 Å². The second kappa shape index (κ2) is 5.67. The molecule has 0 radical (unpaired) electrons. The fraction of sp³-hybridized carbons (Fsp3) is 0.579. The number of hydrogen-bond acceptors (Lipinski definition) is 5. The molecule has 0 amide bonds. The van der Waals surface area contributed by atoms with Gasteiger partial charge in [0.25, 0.3) is 0 Å². The normalized spacial score (nSPS) is 30.3. The Hall–Kier alpha value is -1.72. The highest BCUT2D eigenvalue weighted by atomic mass is 16.5. The lowest BCUT2D eigenvalue weighted by molar-refractivity contribution is -0.156. The minimum absolute atomic E-state index is 0.0909. The third kappa shape index (κ3) is 2.38. The zero-order chi connectivity index (χ0) is 17.0. The third-order valence-electron chi connectivity index (χ3n) is 5.87. The lowest BCUT2D eigenvalue weighted by atomic mass is 9.69. The first-order valence-corrected chi connectivity index (χ1v) is 8.83. The quantitative estimate of drug-likeness (QED) is 0.864. The molecule has 3 aliphatic rings. The van der Waals surface area contributed by atoms with Crippen LogP contribution in [0.2, 0.25) is 0 Å². The van der Waals surface area contributed by atoms with Gasteiger partial charge in [0.1, 0.15) is 6.10 Å². The van der Waals surface area contributed by atoms with Crippen LogP contribution in [-0.4, -0.2) is 48.4 Å². The Morgan fingerprint density at radius 2 is 2.21 bits per heavy atom. The molecule has 2 N–H and O–H groups in total. The molecule has 1 saturated heterocycles. The van der Waals surface area contributed by atoms with Crippen molar-refractivity contribution in [3.63, 3.8) is 0 Å². The molecule has 5 unspecified atom stereocenters.